The van der Waals surface area contributed by atoms with Crippen LogP contribution in [0.5, 0.6) is 0 Å². The Morgan fingerprint density at radius 1 is 1.00 bits per heavy atom. The van der Waals surface area contributed by atoms with Crippen molar-refractivity contribution in [2.24, 2.45) is 5.41 Å². The largest absolute Gasteiger partial charge is 0.379 e. The highest BCUT2D eigenvalue weighted by molar-refractivity contribution is 4.97. The Kier molecular flexibility index (Phi) is 4.19. The van der Waals surface area contributed by atoms with E-state index in [2.05, 4.69) is 39.5 Å². The molecule has 2 nitrogen and oxygen atoms in total. The Bertz CT molecular complexity index is 197. The lowest BCUT2D eigenvalue weighted by molar-refractivity contribution is -0.0682. The highest BCUT2D eigenvalue weighted by Gasteiger charge is 2.43. The summed E-state index contributed by atoms with van der Waals surface area (Å²) in [5.74, 6) is 0. The second-order valence-electron chi connectivity index (χ2n) is 5.46. The number of morpholine rings is 1. The van der Waals surface area contributed by atoms with Gasteiger partial charge in [0.15, 0.2) is 0 Å². The number of hydrogen-bond acceptors (Lipinski definition) is 2. The average Bonchev–Trinajstić information content (AvgIpc) is 2.29. The molecule has 15 heavy (non-hydrogen) atoms. The highest BCUT2D eigenvalue weighted by atomic mass is 16.5. The highest BCUT2D eigenvalue weighted by Crippen LogP contribution is 2.41. The van der Waals surface area contributed by atoms with E-state index in [4.69, 9.17) is 4.74 Å². The molecule has 0 bridgehead atoms. The number of hydrogen-bond donors (Lipinski definition) is 0. The summed E-state index contributed by atoms with van der Waals surface area (Å²) in [5, 5.41) is 0. The smallest absolute Gasteiger partial charge is 0.0594 e. The lowest BCUT2D eigenvalue weighted by atomic mass is 9.68. The minimum Gasteiger partial charge on any atom is -0.379 e. The Hall–Kier alpha value is -0.0800. The topological polar surface area (TPSA) is 12.5 Å². The molecule has 0 saturated carbocycles. The van der Waals surface area contributed by atoms with Crippen LogP contribution in [0.1, 0.15) is 47.5 Å². The Morgan fingerprint density at radius 3 is 1.93 bits per heavy atom. The number of nitrogens with zero attached hydrogens (tertiary/aromatic N) is 1. The molecule has 1 atom stereocenters. The van der Waals surface area contributed by atoms with Gasteiger partial charge in [-0.3, -0.25) is 4.90 Å². The summed E-state index contributed by atoms with van der Waals surface area (Å²) in [6.07, 6.45) is 2.45. The normalized spacial score (nSPS) is 23.8. The number of ether oxygens (including phenoxy) is 1. The third kappa shape index (κ3) is 2.36. The van der Waals surface area contributed by atoms with Crippen LogP contribution in [-0.2, 0) is 4.74 Å². The monoisotopic (exact) mass is 213 g/mol. The molecule has 0 aliphatic carbocycles. The van der Waals surface area contributed by atoms with Crippen molar-refractivity contribution in [2.45, 2.75) is 53.0 Å². The van der Waals surface area contributed by atoms with Crippen molar-refractivity contribution in [3.63, 3.8) is 0 Å². The van der Waals surface area contributed by atoms with Crippen molar-refractivity contribution >= 4 is 0 Å². The molecule has 0 amide bonds. The molecule has 2 heteroatoms. The van der Waals surface area contributed by atoms with Crippen molar-refractivity contribution in [1.29, 1.82) is 0 Å². The van der Waals surface area contributed by atoms with Crippen LogP contribution in [0.15, 0.2) is 0 Å². The van der Waals surface area contributed by atoms with E-state index >= 15 is 0 Å². The average molecular weight is 213 g/mol. The second-order valence-corrected chi connectivity index (χ2v) is 5.46. The van der Waals surface area contributed by atoms with Crippen molar-refractivity contribution in [3.8, 4) is 0 Å². The molecule has 90 valence electrons. The molecule has 0 aromatic rings. The van der Waals surface area contributed by atoms with E-state index in [0.29, 0.717) is 11.0 Å². The van der Waals surface area contributed by atoms with Crippen LogP contribution < -0.4 is 0 Å². The van der Waals surface area contributed by atoms with Gasteiger partial charge in [0.2, 0.25) is 0 Å². The maximum absolute atomic E-state index is 5.44. The maximum atomic E-state index is 5.44. The molecular formula is C13H27NO. The fraction of sp³-hybridized carbons (Fsp3) is 1.00. The SMILES string of the molecule is CCC(C)(C)C(C)(CC)N1CCOCC1. The summed E-state index contributed by atoms with van der Waals surface area (Å²) in [7, 11) is 0. The molecule has 1 heterocycles. The number of rotatable bonds is 4. The summed E-state index contributed by atoms with van der Waals surface area (Å²) < 4.78 is 5.44. The van der Waals surface area contributed by atoms with Crippen molar-refractivity contribution in [1.82, 2.24) is 4.90 Å². The van der Waals surface area contributed by atoms with Gasteiger partial charge in [-0.15, -0.1) is 0 Å². The predicted octanol–water partition coefficient (Wildman–Crippen LogP) is 2.92. The molecule has 0 radical (unpaired) electrons. The van der Waals surface area contributed by atoms with Gasteiger partial charge in [-0.2, -0.15) is 0 Å². The molecule has 1 rings (SSSR count). The van der Waals surface area contributed by atoms with Crippen LogP contribution in [0.2, 0.25) is 0 Å². The van der Waals surface area contributed by atoms with Gasteiger partial charge >= 0.3 is 0 Å². The zero-order valence-electron chi connectivity index (χ0n) is 11.1. The van der Waals surface area contributed by atoms with E-state index in [1.54, 1.807) is 0 Å². The molecule has 0 aromatic carbocycles. The summed E-state index contributed by atoms with van der Waals surface area (Å²) in [5.41, 5.74) is 0.685. The summed E-state index contributed by atoms with van der Waals surface area (Å²) in [6, 6.07) is 0. The van der Waals surface area contributed by atoms with Gasteiger partial charge in [0.05, 0.1) is 13.2 Å². The Labute approximate surface area is 95.0 Å². The van der Waals surface area contributed by atoms with Gasteiger partial charge in [-0.05, 0) is 25.2 Å². The molecule has 1 unspecified atom stereocenters. The fourth-order valence-corrected chi connectivity index (χ4v) is 2.57. The quantitative estimate of drug-likeness (QED) is 0.712. The van der Waals surface area contributed by atoms with Crippen molar-refractivity contribution in [2.75, 3.05) is 26.3 Å². The zero-order valence-corrected chi connectivity index (χ0v) is 11.1. The van der Waals surface area contributed by atoms with Crippen molar-refractivity contribution in [3.05, 3.63) is 0 Å². The van der Waals surface area contributed by atoms with Crippen molar-refractivity contribution < 1.29 is 4.74 Å². The third-order valence-corrected chi connectivity index (χ3v) is 4.74. The first kappa shape index (κ1) is 13.0. The lowest BCUT2D eigenvalue weighted by Gasteiger charge is -2.52. The van der Waals surface area contributed by atoms with Crippen LogP contribution in [0.25, 0.3) is 0 Å². The van der Waals surface area contributed by atoms with Gasteiger partial charge < -0.3 is 4.74 Å². The summed E-state index contributed by atoms with van der Waals surface area (Å²) in [6.45, 7) is 15.8. The fourth-order valence-electron chi connectivity index (χ4n) is 2.57. The van der Waals surface area contributed by atoms with Gasteiger partial charge in [0.25, 0.3) is 0 Å². The second kappa shape index (κ2) is 4.84. The molecule has 0 aromatic heterocycles. The minimum atomic E-state index is 0.311. The third-order valence-electron chi connectivity index (χ3n) is 4.74. The van der Waals surface area contributed by atoms with Gasteiger partial charge in [0.1, 0.15) is 0 Å². The van der Waals surface area contributed by atoms with Gasteiger partial charge in [-0.1, -0.05) is 27.7 Å². The Morgan fingerprint density at radius 2 is 1.53 bits per heavy atom. The molecule has 1 aliphatic rings. The van der Waals surface area contributed by atoms with Gasteiger partial charge in [0, 0.05) is 18.6 Å². The van der Waals surface area contributed by atoms with E-state index in [0.717, 1.165) is 26.3 Å². The van der Waals surface area contributed by atoms with E-state index < -0.39 is 0 Å². The molecule has 1 fully saturated rings. The molecule has 1 aliphatic heterocycles. The van der Waals surface area contributed by atoms with Crippen LogP contribution >= 0.6 is 0 Å². The van der Waals surface area contributed by atoms with E-state index in [-0.39, 0.29) is 0 Å². The van der Waals surface area contributed by atoms with E-state index in [1.807, 2.05) is 0 Å². The zero-order chi connectivity index (χ0) is 11.5. The van der Waals surface area contributed by atoms with Crippen LogP contribution in [0.4, 0.5) is 0 Å². The molecule has 0 spiro atoms. The van der Waals surface area contributed by atoms with Crippen LogP contribution in [0, 0.1) is 5.41 Å². The predicted molar refractivity (Wildman–Crippen MR) is 65.2 cm³/mol. The minimum absolute atomic E-state index is 0.311. The lowest BCUT2D eigenvalue weighted by Crippen LogP contribution is -2.58. The van der Waals surface area contributed by atoms with E-state index in [9.17, 15) is 0 Å². The summed E-state index contributed by atoms with van der Waals surface area (Å²) in [4.78, 5) is 2.62. The molecule has 0 N–H and O–H groups in total. The van der Waals surface area contributed by atoms with Gasteiger partial charge in [-0.25, -0.2) is 0 Å². The first-order valence-electron chi connectivity index (χ1n) is 6.30. The molecular weight excluding hydrogens is 186 g/mol. The van der Waals surface area contributed by atoms with Crippen LogP contribution in [-0.4, -0.2) is 36.7 Å². The first-order valence-corrected chi connectivity index (χ1v) is 6.30. The molecule has 1 saturated heterocycles. The van der Waals surface area contributed by atoms with Crippen LogP contribution in [0.3, 0.4) is 0 Å². The Balaban J connectivity index is 2.82. The standard InChI is InChI=1S/C13H27NO/c1-6-12(3,4)13(5,7-2)14-8-10-15-11-9-14/h6-11H2,1-5H3. The first-order chi connectivity index (χ1) is 6.98. The van der Waals surface area contributed by atoms with E-state index in [1.165, 1.54) is 12.8 Å². The maximum Gasteiger partial charge on any atom is 0.0594 e. The summed E-state index contributed by atoms with van der Waals surface area (Å²) >= 11 is 0.